The summed E-state index contributed by atoms with van der Waals surface area (Å²) in [7, 11) is 1.95. The zero-order valence-electron chi connectivity index (χ0n) is 9.44. The fraction of sp³-hybridized carbons (Fsp3) is 0.250. The number of rotatable bonds is 5. The summed E-state index contributed by atoms with van der Waals surface area (Å²) in [6, 6.07) is 8.28. The van der Waals surface area contributed by atoms with Crippen molar-refractivity contribution in [2.75, 3.05) is 7.05 Å². The van der Waals surface area contributed by atoms with Crippen molar-refractivity contribution in [3.05, 3.63) is 44.8 Å². The van der Waals surface area contributed by atoms with Crippen molar-refractivity contribution < 1.29 is 0 Å². The highest BCUT2D eigenvalue weighted by molar-refractivity contribution is 9.10. The Labute approximate surface area is 118 Å². The normalized spacial score (nSPS) is 10.7. The van der Waals surface area contributed by atoms with Crippen molar-refractivity contribution in [3.8, 4) is 0 Å². The zero-order valence-corrected chi connectivity index (χ0v) is 12.7. The Bertz CT molecular complexity index is 485. The number of hydrogen-bond donors (Lipinski definition) is 1. The molecular formula is C12H13BrN2S2. The van der Waals surface area contributed by atoms with Gasteiger partial charge in [0, 0.05) is 27.0 Å². The zero-order chi connectivity index (χ0) is 12.1. The molecule has 5 heteroatoms. The van der Waals surface area contributed by atoms with Gasteiger partial charge in [-0.25, -0.2) is 4.98 Å². The summed E-state index contributed by atoms with van der Waals surface area (Å²) >= 11 is 7.14. The van der Waals surface area contributed by atoms with Gasteiger partial charge in [0.25, 0.3) is 0 Å². The third kappa shape index (κ3) is 3.81. The number of halogens is 1. The molecule has 0 atom stereocenters. The summed E-state index contributed by atoms with van der Waals surface area (Å²) in [5.74, 6) is 0.928. The third-order valence-corrected chi connectivity index (χ3v) is 5.36. The van der Waals surface area contributed by atoms with Gasteiger partial charge < -0.3 is 5.32 Å². The lowest BCUT2D eigenvalue weighted by Crippen LogP contribution is -2.02. The predicted octanol–water partition coefficient (Wildman–Crippen LogP) is 3.92. The molecule has 2 rings (SSSR count). The highest BCUT2D eigenvalue weighted by Gasteiger charge is 2.04. The number of thiazole rings is 1. The van der Waals surface area contributed by atoms with Crippen LogP contribution in [0.3, 0.4) is 0 Å². The van der Waals surface area contributed by atoms with Crippen LogP contribution in [0.15, 0.2) is 39.8 Å². The molecule has 0 amide bonds. The fourth-order valence-electron chi connectivity index (χ4n) is 1.37. The van der Waals surface area contributed by atoms with Crippen molar-refractivity contribution in [1.82, 2.24) is 10.3 Å². The van der Waals surface area contributed by atoms with Crippen molar-refractivity contribution in [2.24, 2.45) is 0 Å². The first-order valence-corrected chi connectivity index (χ1v) is 7.84. The molecule has 1 heterocycles. The summed E-state index contributed by atoms with van der Waals surface area (Å²) < 4.78 is 1.15. The quantitative estimate of drug-likeness (QED) is 0.842. The molecule has 0 spiro atoms. The second-order valence-electron chi connectivity index (χ2n) is 3.47. The summed E-state index contributed by atoms with van der Waals surface area (Å²) in [6.07, 6.45) is 1.96. The van der Waals surface area contributed by atoms with E-state index in [0.29, 0.717) is 0 Å². The average molecular weight is 329 g/mol. The molecule has 0 aliphatic rings. The lowest BCUT2D eigenvalue weighted by molar-refractivity contribution is 0.829. The van der Waals surface area contributed by atoms with E-state index in [1.807, 2.05) is 31.1 Å². The van der Waals surface area contributed by atoms with Gasteiger partial charge in [0.1, 0.15) is 5.01 Å². The number of nitrogens with one attached hydrogen (secondary N) is 1. The van der Waals surface area contributed by atoms with Crippen molar-refractivity contribution >= 4 is 39.0 Å². The van der Waals surface area contributed by atoms with E-state index in [1.54, 1.807) is 11.3 Å². The van der Waals surface area contributed by atoms with Gasteiger partial charge in [-0.2, -0.15) is 0 Å². The smallest absolute Gasteiger partial charge is 0.103 e. The lowest BCUT2D eigenvalue weighted by Gasteiger charge is -2.01. The second kappa shape index (κ2) is 6.54. The Morgan fingerprint density at radius 1 is 1.41 bits per heavy atom. The Morgan fingerprint density at radius 3 is 3.00 bits per heavy atom. The average Bonchev–Trinajstić information content (AvgIpc) is 2.76. The Hall–Kier alpha value is -0.360. The van der Waals surface area contributed by atoms with Crippen LogP contribution in [0.4, 0.5) is 0 Å². The van der Waals surface area contributed by atoms with Crippen LogP contribution in [0.2, 0.25) is 0 Å². The second-order valence-corrected chi connectivity index (χ2v) is 6.54. The minimum absolute atomic E-state index is 0.900. The molecule has 1 N–H and O–H groups in total. The van der Waals surface area contributed by atoms with E-state index < -0.39 is 0 Å². The predicted molar refractivity (Wildman–Crippen MR) is 78.6 cm³/mol. The molecule has 0 bridgehead atoms. The van der Waals surface area contributed by atoms with Crippen LogP contribution >= 0.6 is 39.0 Å². The Kier molecular flexibility index (Phi) is 5.03. The molecule has 0 saturated heterocycles. The number of aromatic nitrogens is 1. The van der Waals surface area contributed by atoms with Crippen LogP contribution in [-0.4, -0.2) is 12.0 Å². The monoisotopic (exact) mass is 328 g/mol. The van der Waals surface area contributed by atoms with E-state index in [-0.39, 0.29) is 0 Å². The van der Waals surface area contributed by atoms with E-state index >= 15 is 0 Å². The van der Waals surface area contributed by atoms with Crippen LogP contribution in [0.1, 0.15) is 9.88 Å². The first-order chi connectivity index (χ1) is 8.29. The van der Waals surface area contributed by atoms with E-state index in [1.165, 1.54) is 14.8 Å². The minimum Gasteiger partial charge on any atom is -0.315 e. The van der Waals surface area contributed by atoms with E-state index in [4.69, 9.17) is 0 Å². The third-order valence-electron chi connectivity index (χ3n) is 2.14. The first kappa shape index (κ1) is 13.1. The Morgan fingerprint density at radius 2 is 2.24 bits per heavy atom. The van der Waals surface area contributed by atoms with Crippen molar-refractivity contribution in [2.45, 2.75) is 17.2 Å². The number of hydrogen-bond acceptors (Lipinski definition) is 4. The van der Waals surface area contributed by atoms with E-state index in [0.717, 1.165) is 16.8 Å². The maximum atomic E-state index is 4.42. The van der Waals surface area contributed by atoms with Crippen LogP contribution in [0, 0.1) is 0 Å². The molecule has 2 nitrogen and oxygen atoms in total. The van der Waals surface area contributed by atoms with Crippen LogP contribution in [0.25, 0.3) is 0 Å². The molecule has 1 aromatic carbocycles. The highest BCUT2D eigenvalue weighted by atomic mass is 79.9. The van der Waals surface area contributed by atoms with Gasteiger partial charge in [-0.1, -0.05) is 12.1 Å². The van der Waals surface area contributed by atoms with Crippen LogP contribution < -0.4 is 5.32 Å². The van der Waals surface area contributed by atoms with Gasteiger partial charge in [-0.3, -0.25) is 0 Å². The van der Waals surface area contributed by atoms with Gasteiger partial charge in [0.15, 0.2) is 0 Å². The number of nitrogens with zero attached hydrogens (tertiary/aromatic N) is 1. The lowest BCUT2D eigenvalue weighted by atomic mass is 10.4. The molecule has 0 unspecified atom stereocenters. The Balaban J connectivity index is 1.95. The summed E-state index contributed by atoms with van der Waals surface area (Å²) in [5.41, 5.74) is 0. The highest BCUT2D eigenvalue weighted by Crippen LogP contribution is 2.30. The first-order valence-electron chi connectivity index (χ1n) is 5.25. The van der Waals surface area contributed by atoms with Crippen molar-refractivity contribution in [1.29, 1.82) is 0 Å². The molecule has 90 valence electrons. The molecule has 1 aromatic heterocycles. The minimum atomic E-state index is 0.900. The molecule has 0 saturated carbocycles. The van der Waals surface area contributed by atoms with Gasteiger partial charge in [-0.15, -0.1) is 23.1 Å². The van der Waals surface area contributed by atoms with Gasteiger partial charge in [0.05, 0.1) is 5.75 Å². The van der Waals surface area contributed by atoms with Crippen LogP contribution in [-0.2, 0) is 12.3 Å². The maximum Gasteiger partial charge on any atom is 0.103 e. The standard InChI is InChI=1S/C12H13BrN2S2/c1-14-6-9-7-15-12(17-9)8-16-11-5-3-2-4-10(11)13/h2-5,7,14H,6,8H2,1H3. The molecule has 0 radical (unpaired) electrons. The van der Waals surface area contributed by atoms with Crippen molar-refractivity contribution in [3.63, 3.8) is 0 Å². The number of thioether (sulfide) groups is 1. The van der Waals surface area contributed by atoms with Gasteiger partial charge >= 0.3 is 0 Å². The summed E-state index contributed by atoms with van der Waals surface area (Å²) in [6.45, 7) is 0.900. The molecule has 2 aromatic rings. The number of benzene rings is 1. The fourth-order valence-corrected chi connectivity index (χ4v) is 3.88. The largest absolute Gasteiger partial charge is 0.315 e. The maximum absolute atomic E-state index is 4.42. The van der Waals surface area contributed by atoms with E-state index in [9.17, 15) is 0 Å². The molecule has 0 fully saturated rings. The van der Waals surface area contributed by atoms with Crippen LogP contribution in [0.5, 0.6) is 0 Å². The SMILES string of the molecule is CNCc1cnc(CSc2ccccc2Br)s1. The van der Waals surface area contributed by atoms with Gasteiger partial charge in [-0.05, 0) is 35.1 Å². The molecule has 0 aliphatic carbocycles. The molecular weight excluding hydrogens is 316 g/mol. The molecule has 17 heavy (non-hydrogen) atoms. The summed E-state index contributed by atoms with van der Waals surface area (Å²) in [4.78, 5) is 6.97. The molecule has 0 aliphatic heterocycles. The van der Waals surface area contributed by atoms with Gasteiger partial charge in [0.2, 0.25) is 0 Å². The summed E-state index contributed by atoms with van der Waals surface area (Å²) in [5, 5.41) is 4.31. The topological polar surface area (TPSA) is 24.9 Å². The van der Waals surface area contributed by atoms with E-state index in [2.05, 4.69) is 44.4 Å².